The minimum atomic E-state index is -0.0965. The monoisotopic (exact) mass is 368 g/mol. The molecule has 0 radical (unpaired) electrons. The van der Waals surface area contributed by atoms with Crippen LogP contribution in [0, 0.1) is 0 Å². The number of benzene rings is 1. The summed E-state index contributed by atoms with van der Waals surface area (Å²) in [6.45, 7) is 6.55. The minimum absolute atomic E-state index is 0.0965. The van der Waals surface area contributed by atoms with E-state index in [9.17, 15) is 4.79 Å². The Morgan fingerprint density at radius 1 is 1.19 bits per heavy atom. The van der Waals surface area contributed by atoms with Crippen LogP contribution >= 0.6 is 0 Å². The molecule has 3 rings (SSSR count). The maximum Gasteiger partial charge on any atom is 0.322 e. The van der Waals surface area contributed by atoms with E-state index in [1.165, 1.54) is 0 Å². The molecule has 1 saturated carbocycles. The first kappa shape index (κ1) is 19.0. The Hall–Kier alpha value is -2.76. The van der Waals surface area contributed by atoms with Crippen molar-refractivity contribution in [1.82, 2.24) is 9.88 Å². The van der Waals surface area contributed by atoms with Crippen molar-refractivity contribution in [3.8, 4) is 5.75 Å². The average Bonchev–Trinajstić information content (AvgIpc) is 3.53. The number of ether oxygens (including phenoxy) is 1. The fourth-order valence-electron chi connectivity index (χ4n) is 3.16. The first-order valence-corrected chi connectivity index (χ1v) is 9.56. The molecule has 1 heterocycles. The van der Waals surface area contributed by atoms with Crippen LogP contribution in [0.1, 0.15) is 32.3 Å². The van der Waals surface area contributed by atoms with Crippen LogP contribution in [0.2, 0.25) is 0 Å². The highest BCUT2D eigenvalue weighted by atomic mass is 16.5. The van der Waals surface area contributed by atoms with Gasteiger partial charge in [0.2, 0.25) is 0 Å². The molecule has 0 aliphatic heterocycles. The number of anilines is 2. The van der Waals surface area contributed by atoms with Gasteiger partial charge >= 0.3 is 6.03 Å². The Morgan fingerprint density at radius 3 is 2.52 bits per heavy atom. The highest BCUT2D eigenvalue weighted by Crippen LogP contribution is 2.31. The lowest BCUT2D eigenvalue weighted by atomic mass is 10.2. The Kier molecular flexibility index (Phi) is 6.16. The molecule has 0 unspecified atom stereocenters. The second-order valence-corrected chi connectivity index (χ2v) is 6.68. The fraction of sp³-hybridized carbons (Fsp3) is 0.429. The quantitative estimate of drug-likeness (QED) is 0.761. The van der Waals surface area contributed by atoms with E-state index in [0.717, 1.165) is 43.1 Å². The fourth-order valence-corrected chi connectivity index (χ4v) is 3.16. The number of pyridine rings is 1. The van der Waals surface area contributed by atoms with Crippen molar-refractivity contribution >= 4 is 17.5 Å². The molecule has 6 nitrogen and oxygen atoms in total. The Morgan fingerprint density at radius 2 is 1.93 bits per heavy atom. The summed E-state index contributed by atoms with van der Waals surface area (Å²) >= 11 is 0. The van der Waals surface area contributed by atoms with Gasteiger partial charge in [-0.2, -0.15) is 0 Å². The van der Waals surface area contributed by atoms with E-state index in [0.29, 0.717) is 12.2 Å². The number of carbonyl (C=O) groups is 1. The standard InChI is InChI=1S/C21H28N4O2/c1-4-24(5-2)20-13-10-17(14-22-20)23-21(26)25(18-11-12-18)15-16-8-6-7-9-19(16)27-3/h6-10,13-14,18H,4-5,11-12,15H2,1-3H3,(H,23,26). The van der Waals surface area contributed by atoms with E-state index in [1.54, 1.807) is 13.3 Å². The van der Waals surface area contributed by atoms with Crippen molar-refractivity contribution in [3.05, 3.63) is 48.2 Å². The van der Waals surface area contributed by atoms with Gasteiger partial charge in [-0.25, -0.2) is 9.78 Å². The molecule has 27 heavy (non-hydrogen) atoms. The topological polar surface area (TPSA) is 57.7 Å². The lowest BCUT2D eigenvalue weighted by molar-refractivity contribution is 0.205. The average molecular weight is 368 g/mol. The summed E-state index contributed by atoms with van der Waals surface area (Å²) in [4.78, 5) is 21.4. The third-order valence-electron chi connectivity index (χ3n) is 4.87. The number of methoxy groups -OCH3 is 1. The molecular weight excluding hydrogens is 340 g/mol. The van der Waals surface area contributed by atoms with Gasteiger partial charge in [0.25, 0.3) is 0 Å². The molecule has 0 saturated heterocycles. The van der Waals surface area contributed by atoms with Crippen LogP contribution < -0.4 is 15.0 Å². The van der Waals surface area contributed by atoms with Crippen LogP contribution in [0.5, 0.6) is 5.75 Å². The number of para-hydroxylation sites is 1. The molecule has 6 heteroatoms. The number of nitrogens with zero attached hydrogens (tertiary/aromatic N) is 3. The van der Waals surface area contributed by atoms with Gasteiger partial charge in [-0.05, 0) is 44.9 Å². The van der Waals surface area contributed by atoms with Gasteiger partial charge < -0.3 is 19.9 Å². The maximum atomic E-state index is 12.9. The van der Waals surface area contributed by atoms with Gasteiger partial charge in [-0.1, -0.05) is 18.2 Å². The summed E-state index contributed by atoms with van der Waals surface area (Å²) in [6.07, 6.45) is 3.81. The first-order chi connectivity index (χ1) is 13.2. The van der Waals surface area contributed by atoms with E-state index in [2.05, 4.69) is 29.0 Å². The van der Waals surface area contributed by atoms with E-state index in [-0.39, 0.29) is 12.1 Å². The molecular formula is C21H28N4O2. The van der Waals surface area contributed by atoms with Crippen LogP contribution in [0.15, 0.2) is 42.6 Å². The van der Waals surface area contributed by atoms with Crippen LogP contribution in [-0.4, -0.2) is 42.2 Å². The first-order valence-electron chi connectivity index (χ1n) is 9.56. The van der Waals surface area contributed by atoms with Crippen LogP contribution in [0.4, 0.5) is 16.3 Å². The molecule has 0 atom stereocenters. The van der Waals surface area contributed by atoms with Crippen molar-refractivity contribution in [2.45, 2.75) is 39.3 Å². The predicted octanol–water partition coefficient (Wildman–Crippen LogP) is 4.13. The molecule has 1 N–H and O–H groups in total. The number of rotatable bonds is 8. The number of amides is 2. The molecule has 1 aliphatic rings. The van der Waals surface area contributed by atoms with Gasteiger partial charge in [0, 0.05) is 24.7 Å². The number of nitrogens with one attached hydrogen (secondary N) is 1. The zero-order valence-corrected chi connectivity index (χ0v) is 16.3. The van der Waals surface area contributed by atoms with Crippen LogP contribution in [0.3, 0.4) is 0 Å². The summed E-state index contributed by atoms with van der Waals surface area (Å²) < 4.78 is 5.43. The summed E-state index contributed by atoms with van der Waals surface area (Å²) in [5.41, 5.74) is 1.72. The van der Waals surface area contributed by atoms with Crippen molar-refractivity contribution < 1.29 is 9.53 Å². The largest absolute Gasteiger partial charge is 0.496 e. The molecule has 0 spiro atoms. The van der Waals surface area contributed by atoms with E-state index < -0.39 is 0 Å². The summed E-state index contributed by atoms with van der Waals surface area (Å²) in [7, 11) is 1.66. The number of hydrogen-bond acceptors (Lipinski definition) is 4. The zero-order chi connectivity index (χ0) is 19.2. The summed E-state index contributed by atoms with van der Waals surface area (Å²) in [6, 6.07) is 11.9. The predicted molar refractivity (Wildman–Crippen MR) is 108 cm³/mol. The smallest absolute Gasteiger partial charge is 0.322 e. The lowest BCUT2D eigenvalue weighted by Crippen LogP contribution is -2.36. The Balaban J connectivity index is 1.69. The number of hydrogen-bond donors (Lipinski definition) is 1. The van der Waals surface area contributed by atoms with Crippen molar-refractivity contribution in [3.63, 3.8) is 0 Å². The number of carbonyl (C=O) groups excluding carboxylic acids is 1. The molecule has 1 aliphatic carbocycles. The SMILES string of the molecule is CCN(CC)c1ccc(NC(=O)N(Cc2ccccc2OC)C2CC2)cn1. The van der Waals surface area contributed by atoms with Gasteiger partial charge in [0.05, 0.1) is 25.5 Å². The molecule has 2 amide bonds. The maximum absolute atomic E-state index is 12.9. The van der Waals surface area contributed by atoms with E-state index >= 15 is 0 Å². The molecule has 2 aromatic rings. The Labute approximate surface area is 161 Å². The van der Waals surface area contributed by atoms with E-state index in [4.69, 9.17) is 4.74 Å². The lowest BCUT2D eigenvalue weighted by Gasteiger charge is -2.24. The third kappa shape index (κ3) is 4.70. The third-order valence-corrected chi connectivity index (χ3v) is 4.87. The molecule has 1 fully saturated rings. The highest BCUT2D eigenvalue weighted by Gasteiger charge is 2.33. The van der Waals surface area contributed by atoms with Crippen molar-refractivity contribution in [2.24, 2.45) is 0 Å². The van der Waals surface area contributed by atoms with Crippen LogP contribution in [0.25, 0.3) is 0 Å². The molecule has 0 bridgehead atoms. The summed E-state index contributed by atoms with van der Waals surface area (Å²) in [5, 5.41) is 2.99. The van der Waals surface area contributed by atoms with Gasteiger partial charge in [0.15, 0.2) is 0 Å². The normalized spacial score (nSPS) is 13.1. The Bertz CT molecular complexity index is 755. The number of aromatic nitrogens is 1. The van der Waals surface area contributed by atoms with E-state index in [1.807, 2.05) is 41.3 Å². The second kappa shape index (κ2) is 8.75. The van der Waals surface area contributed by atoms with Gasteiger partial charge in [0.1, 0.15) is 11.6 Å². The summed E-state index contributed by atoms with van der Waals surface area (Å²) in [5.74, 6) is 1.73. The molecule has 1 aromatic heterocycles. The minimum Gasteiger partial charge on any atom is -0.496 e. The van der Waals surface area contributed by atoms with Gasteiger partial charge in [-0.3, -0.25) is 0 Å². The van der Waals surface area contributed by atoms with Crippen LogP contribution in [-0.2, 0) is 6.54 Å². The highest BCUT2D eigenvalue weighted by molar-refractivity contribution is 5.89. The van der Waals surface area contributed by atoms with Gasteiger partial charge in [-0.15, -0.1) is 0 Å². The van der Waals surface area contributed by atoms with Crippen molar-refractivity contribution in [2.75, 3.05) is 30.4 Å². The second-order valence-electron chi connectivity index (χ2n) is 6.68. The molecule has 1 aromatic carbocycles. The zero-order valence-electron chi connectivity index (χ0n) is 16.3. The molecule has 144 valence electrons. The van der Waals surface area contributed by atoms with Crippen molar-refractivity contribution in [1.29, 1.82) is 0 Å². The number of urea groups is 1.